The summed E-state index contributed by atoms with van der Waals surface area (Å²) in [4.78, 5) is 7.96. The number of imidazole rings is 1. The van der Waals surface area contributed by atoms with E-state index < -0.39 is 0 Å². The van der Waals surface area contributed by atoms with Gasteiger partial charge in [-0.05, 0) is 30.9 Å². The molecule has 1 fully saturated rings. The largest absolute Gasteiger partial charge is 0.397 e. The molecule has 1 aliphatic carbocycles. The van der Waals surface area contributed by atoms with Crippen LogP contribution in [0.4, 0.5) is 5.69 Å². The second-order valence-electron chi connectivity index (χ2n) is 4.49. The van der Waals surface area contributed by atoms with E-state index in [4.69, 9.17) is 5.73 Å². The molecule has 1 aliphatic rings. The van der Waals surface area contributed by atoms with Gasteiger partial charge in [-0.1, -0.05) is 13.0 Å². The maximum absolute atomic E-state index is 5.88. The molecule has 0 spiro atoms. The number of aromatic nitrogens is 2. The van der Waals surface area contributed by atoms with Crippen molar-refractivity contribution in [3.63, 3.8) is 0 Å². The molecule has 15 heavy (non-hydrogen) atoms. The lowest BCUT2D eigenvalue weighted by molar-refractivity contribution is 0.630. The number of hydrogen-bond donors (Lipinski definition) is 2. The number of hydrogen-bond acceptors (Lipinski definition) is 2. The molecule has 78 valence electrons. The van der Waals surface area contributed by atoms with Crippen molar-refractivity contribution in [3.8, 4) is 0 Å². The van der Waals surface area contributed by atoms with Crippen LogP contribution in [0.3, 0.4) is 0 Å². The van der Waals surface area contributed by atoms with Crippen LogP contribution in [0.5, 0.6) is 0 Å². The molecule has 0 radical (unpaired) electrons. The standard InChI is InChI=1S/C12H15N3/c1-7(8-5-6-8)12-14-10-4-2-3-9(13)11(10)15-12/h2-4,7-8H,5-6,13H2,1H3,(H,14,15). The average molecular weight is 201 g/mol. The van der Waals surface area contributed by atoms with Crippen LogP contribution in [0.1, 0.15) is 31.5 Å². The molecule has 1 atom stereocenters. The van der Waals surface area contributed by atoms with Crippen LogP contribution in [-0.2, 0) is 0 Å². The lowest BCUT2D eigenvalue weighted by atomic mass is 10.1. The van der Waals surface area contributed by atoms with Crippen molar-refractivity contribution in [1.82, 2.24) is 9.97 Å². The highest BCUT2D eigenvalue weighted by Crippen LogP contribution is 2.41. The Labute approximate surface area is 88.7 Å². The Kier molecular flexibility index (Phi) is 1.75. The minimum atomic E-state index is 0.539. The summed E-state index contributed by atoms with van der Waals surface area (Å²) in [5.41, 5.74) is 8.61. The topological polar surface area (TPSA) is 54.7 Å². The molecule has 0 aliphatic heterocycles. The molecule has 3 N–H and O–H groups in total. The fourth-order valence-corrected chi connectivity index (χ4v) is 2.11. The number of para-hydroxylation sites is 1. The van der Waals surface area contributed by atoms with E-state index in [9.17, 15) is 0 Å². The van der Waals surface area contributed by atoms with Gasteiger partial charge in [-0.3, -0.25) is 0 Å². The van der Waals surface area contributed by atoms with Gasteiger partial charge in [-0.25, -0.2) is 4.98 Å². The van der Waals surface area contributed by atoms with Crippen molar-refractivity contribution in [2.24, 2.45) is 5.92 Å². The monoisotopic (exact) mass is 201 g/mol. The molecule has 0 saturated heterocycles. The SMILES string of the molecule is CC(c1nc2c(N)cccc2[nH]1)C1CC1. The van der Waals surface area contributed by atoms with Gasteiger partial charge in [0.15, 0.2) is 0 Å². The zero-order valence-electron chi connectivity index (χ0n) is 8.83. The Hall–Kier alpha value is -1.51. The Morgan fingerprint density at radius 2 is 2.27 bits per heavy atom. The van der Waals surface area contributed by atoms with E-state index in [1.54, 1.807) is 0 Å². The minimum Gasteiger partial charge on any atom is -0.397 e. The second kappa shape index (κ2) is 2.99. The highest BCUT2D eigenvalue weighted by molar-refractivity contribution is 5.86. The molecule has 1 saturated carbocycles. The summed E-state index contributed by atoms with van der Waals surface area (Å²) in [6.07, 6.45) is 2.68. The Morgan fingerprint density at radius 1 is 1.47 bits per heavy atom. The number of anilines is 1. The first kappa shape index (κ1) is 8.77. The van der Waals surface area contributed by atoms with E-state index in [0.29, 0.717) is 5.92 Å². The molecule has 2 aromatic rings. The highest BCUT2D eigenvalue weighted by atomic mass is 14.9. The quantitative estimate of drug-likeness (QED) is 0.734. The van der Waals surface area contributed by atoms with Crippen LogP contribution in [-0.4, -0.2) is 9.97 Å². The molecular weight excluding hydrogens is 186 g/mol. The van der Waals surface area contributed by atoms with Gasteiger partial charge in [0.2, 0.25) is 0 Å². The first-order valence-corrected chi connectivity index (χ1v) is 5.50. The molecule has 0 bridgehead atoms. The number of nitrogens with two attached hydrogens (primary N) is 1. The number of aromatic amines is 1. The summed E-state index contributed by atoms with van der Waals surface area (Å²) >= 11 is 0. The van der Waals surface area contributed by atoms with Crippen molar-refractivity contribution in [2.75, 3.05) is 5.73 Å². The molecule has 3 heteroatoms. The van der Waals surface area contributed by atoms with E-state index in [1.807, 2.05) is 18.2 Å². The zero-order valence-corrected chi connectivity index (χ0v) is 8.83. The number of nitrogens with zero attached hydrogens (tertiary/aromatic N) is 1. The molecule has 1 heterocycles. The van der Waals surface area contributed by atoms with Crippen LogP contribution < -0.4 is 5.73 Å². The minimum absolute atomic E-state index is 0.539. The molecule has 3 nitrogen and oxygen atoms in total. The maximum Gasteiger partial charge on any atom is 0.111 e. The van der Waals surface area contributed by atoms with Crippen LogP contribution >= 0.6 is 0 Å². The van der Waals surface area contributed by atoms with E-state index >= 15 is 0 Å². The van der Waals surface area contributed by atoms with Crippen molar-refractivity contribution < 1.29 is 0 Å². The van der Waals surface area contributed by atoms with Gasteiger partial charge in [-0.2, -0.15) is 0 Å². The number of fused-ring (bicyclic) bond motifs is 1. The van der Waals surface area contributed by atoms with Crippen LogP contribution in [0.2, 0.25) is 0 Å². The Balaban J connectivity index is 2.09. The summed E-state index contributed by atoms with van der Waals surface area (Å²) in [7, 11) is 0. The molecule has 3 rings (SSSR count). The normalized spacial score (nSPS) is 18.2. The number of benzene rings is 1. The van der Waals surface area contributed by atoms with Gasteiger partial charge >= 0.3 is 0 Å². The predicted octanol–water partition coefficient (Wildman–Crippen LogP) is 2.66. The average Bonchev–Trinajstić information content (AvgIpc) is 2.97. The Morgan fingerprint density at radius 3 is 2.93 bits per heavy atom. The molecule has 1 aromatic heterocycles. The van der Waals surface area contributed by atoms with Gasteiger partial charge in [0.05, 0.1) is 11.2 Å². The number of rotatable bonds is 2. The number of H-pyrrole nitrogens is 1. The lowest BCUT2D eigenvalue weighted by Crippen LogP contribution is -1.97. The number of nitrogen functional groups attached to an aromatic ring is 1. The highest BCUT2D eigenvalue weighted by Gasteiger charge is 2.30. The summed E-state index contributed by atoms with van der Waals surface area (Å²) < 4.78 is 0. The van der Waals surface area contributed by atoms with E-state index in [0.717, 1.165) is 28.5 Å². The first-order valence-electron chi connectivity index (χ1n) is 5.50. The van der Waals surface area contributed by atoms with Gasteiger partial charge in [0.1, 0.15) is 11.3 Å². The van der Waals surface area contributed by atoms with Crippen LogP contribution in [0.25, 0.3) is 11.0 Å². The van der Waals surface area contributed by atoms with E-state index in [-0.39, 0.29) is 0 Å². The second-order valence-corrected chi connectivity index (χ2v) is 4.49. The third-order valence-electron chi connectivity index (χ3n) is 3.32. The van der Waals surface area contributed by atoms with Crippen molar-refractivity contribution in [1.29, 1.82) is 0 Å². The first-order chi connectivity index (χ1) is 7.25. The number of nitrogens with one attached hydrogen (secondary N) is 1. The smallest absolute Gasteiger partial charge is 0.111 e. The Bertz CT molecular complexity index is 497. The summed E-state index contributed by atoms with van der Waals surface area (Å²) in [6, 6.07) is 5.89. The van der Waals surface area contributed by atoms with Gasteiger partial charge in [0.25, 0.3) is 0 Å². The summed E-state index contributed by atoms with van der Waals surface area (Å²) in [5, 5.41) is 0. The van der Waals surface area contributed by atoms with Gasteiger partial charge in [0, 0.05) is 5.92 Å². The maximum atomic E-state index is 5.88. The van der Waals surface area contributed by atoms with Crippen LogP contribution in [0, 0.1) is 5.92 Å². The van der Waals surface area contributed by atoms with Crippen molar-refractivity contribution in [3.05, 3.63) is 24.0 Å². The lowest BCUT2D eigenvalue weighted by Gasteiger charge is -2.04. The molecular formula is C12H15N3. The third kappa shape index (κ3) is 1.39. The molecule has 1 unspecified atom stereocenters. The van der Waals surface area contributed by atoms with Crippen LogP contribution in [0.15, 0.2) is 18.2 Å². The van der Waals surface area contributed by atoms with Crippen molar-refractivity contribution >= 4 is 16.7 Å². The van der Waals surface area contributed by atoms with Gasteiger partial charge < -0.3 is 10.7 Å². The zero-order chi connectivity index (χ0) is 10.4. The summed E-state index contributed by atoms with van der Waals surface area (Å²) in [5.74, 6) is 2.45. The van der Waals surface area contributed by atoms with Crippen molar-refractivity contribution in [2.45, 2.75) is 25.7 Å². The van der Waals surface area contributed by atoms with E-state index in [1.165, 1.54) is 12.8 Å². The van der Waals surface area contributed by atoms with E-state index in [2.05, 4.69) is 16.9 Å². The molecule has 1 aromatic carbocycles. The van der Waals surface area contributed by atoms with Gasteiger partial charge in [-0.15, -0.1) is 0 Å². The third-order valence-corrected chi connectivity index (χ3v) is 3.32. The predicted molar refractivity (Wildman–Crippen MR) is 61.6 cm³/mol. The fraction of sp³-hybridized carbons (Fsp3) is 0.417. The summed E-state index contributed by atoms with van der Waals surface area (Å²) in [6.45, 7) is 2.24. The fourth-order valence-electron chi connectivity index (χ4n) is 2.11. The molecule has 0 amide bonds.